The molecule has 0 aromatic carbocycles. The number of anilines is 1. The Bertz CT molecular complexity index is 534. The first-order valence-corrected chi connectivity index (χ1v) is 9.13. The van der Waals surface area contributed by atoms with Crippen molar-refractivity contribution in [1.29, 1.82) is 0 Å². The zero-order valence-electron chi connectivity index (χ0n) is 14.1. The van der Waals surface area contributed by atoms with Crippen LogP contribution in [0.3, 0.4) is 0 Å². The van der Waals surface area contributed by atoms with Gasteiger partial charge in [0.15, 0.2) is 5.13 Å². The first-order valence-electron chi connectivity index (χ1n) is 8.25. The summed E-state index contributed by atoms with van der Waals surface area (Å²) >= 11 is 1.66. The molecule has 6 nitrogen and oxygen atoms in total. The fraction of sp³-hybridized carbons (Fsp3) is 0.750. The Balaban J connectivity index is 1.53. The summed E-state index contributed by atoms with van der Waals surface area (Å²) in [7, 11) is 1.74. The standard InChI is InChI=1S/C16H26N4O2S/c1-16(2)12(11-13(16)22-3)18-14(21)19-6-4-7-20(9-8-19)15-17-5-10-23-15/h5,10,12-13H,4,6-9,11H2,1-3H3,(H,18,21). The average Bonchev–Trinajstić information content (AvgIpc) is 2.95. The van der Waals surface area contributed by atoms with Crippen molar-refractivity contribution >= 4 is 22.5 Å². The van der Waals surface area contributed by atoms with E-state index < -0.39 is 0 Å². The maximum atomic E-state index is 12.6. The molecule has 1 aliphatic carbocycles. The molecule has 0 spiro atoms. The number of hydrogen-bond donors (Lipinski definition) is 1. The zero-order chi connectivity index (χ0) is 16.4. The van der Waals surface area contributed by atoms with Gasteiger partial charge in [-0.1, -0.05) is 13.8 Å². The van der Waals surface area contributed by atoms with E-state index in [0.29, 0.717) is 0 Å². The second-order valence-electron chi connectivity index (χ2n) is 6.93. The number of carbonyl (C=O) groups is 1. The van der Waals surface area contributed by atoms with Gasteiger partial charge in [-0.3, -0.25) is 0 Å². The molecule has 2 unspecified atom stereocenters. The number of nitrogens with one attached hydrogen (secondary N) is 1. The van der Waals surface area contributed by atoms with Crippen LogP contribution in [0.4, 0.5) is 9.93 Å². The second kappa shape index (κ2) is 6.65. The Kier molecular flexibility index (Phi) is 4.77. The molecule has 1 saturated carbocycles. The average molecular weight is 338 g/mol. The van der Waals surface area contributed by atoms with Crippen LogP contribution in [-0.4, -0.2) is 61.3 Å². The lowest BCUT2D eigenvalue weighted by molar-refractivity contribution is -0.0943. The monoisotopic (exact) mass is 338 g/mol. The summed E-state index contributed by atoms with van der Waals surface area (Å²) in [5, 5.41) is 6.24. The maximum Gasteiger partial charge on any atom is 0.317 e. The molecule has 7 heteroatoms. The largest absolute Gasteiger partial charge is 0.381 e. The Labute approximate surface area is 141 Å². The molecular formula is C16H26N4O2S. The molecule has 1 aliphatic heterocycles. The predicted octanol–water partition coefficient (Wildman–Crippen LogP) is 2.18. The van der Waals surface area contributed by atoms with Crippen molar-refractivity contribution in [2.45, 2.75) is 38.8 Å². The first kappa shape index (κ1) is 16.5. The van der Waals surface area contributed by atoms with Crippen molar-refractivity contribution in [2.75, 3.05) is 38.2 Å². The minimum absolute atomic E-state index is 0.00316. The number of carbonyl (C=O) groups excluding carboxylic acids is 1. The topological polar surface area (TPSA) is 57.7 Å². The smallest absolute Gasteiger partial charge is 0.317 e. The van der Waals surface area contributed by atoms with Crippen LogP contribution in [0.2, 0.25) is 0 Å². The molecule has 1 aromatic rings. The van der Waals surface area contributed by atoms with Crippen LogP contribution in [0.5, 0.6) is 0 Å². The SMILES string of the molecule is COC1CC(NC(=O)N2CCCN(c3nccs3)CC2)C1(C)C. The van der Waals surface area contributed by atoms with Crippen LogP contribution in [0.15, 0.2) is 11.6 Å². The van der Waals surface area contributed by atoms with Gasteiger partial charge in [-0.05, 0) is 12.8 Å². The van der Waals surface area contributed by atoms with Crippen molar-refractivity contribution in [3.8, 4) is 0 Å². The fourth-order valence-corrected chi connectivity index (χ4v) is 4.15. The highest BCUT2D eigenvalue weighted by atomic mass is 32.1. The molecule has 2 fully saturated rings. The van der Waals surface area contributed by atoms with Crippen LogP contribution in [0.25, 0.3) is 0 Å². The summed E-state index contributed by atoms with van der Waals surface area (Å²) in [5.41, 5.74) is 0.00316. The van der Waals surface area contributed by atoms with Crippen LogP contribution in [0.1, 0.15) is 26.7 Å². The van der Waals surface area contributed by atoms with Crippen molar-refractivity contribution in [1.82, 2.24) is 15.2 Å². The number of urea groups is 1. The van der Waals surface area contributed by atoms with E-state index in [-0.39, 0.29) is 23.6 Å². The summed E-state index contributed by atoms with van der Waals surface area (Å²) in [6, 6.07) is 0.247. The highest BCUT2D eigenvalue weighted by Gasteiger charge is 2.49. The third-order valence-electron chi connectivity index (χ3n) is 5.23. The number of hydrogen-bond acceptors (Lipinski definition) is 5. The number of rotatable bonds is 3. The summed E-state index contributed by atoms with van der Waals surface area (Å²) in [4.78, 5) is 21.1. The van der Waals surface area contributed by atoms with Gasteiger partial charge >= 0.3 is 6.03 Å². The third kappa shape index (κ3) is 3.30. The van der Waals surface area contributed by atoms with E-state index in [1.54, 1.807) is 18.4 Å². The number of thiazole rings is 1. The molecule has 3 rings (SSSR count). The fourth-order valence-electron chi connectivity index (χ4n) is 3.45. The van der Waals surface area contributed by atoms with E-state index in [4.69, 9.17) is 4.74 Å². The minimum Gasteiger partial charge on any atom is -0.381 e. The highest BCUT2D eigenvalue weighted by Crippen LogP contribution is 2.42. The Morgan fingerprint density at radius 1 is 1.39 bits per heavy atom. The Morgan fingerprint density at radius 3 is 2.87 bits per heavy atom. The van der Waals surface area contributed by atoms with Gasteiger partial charge in [0.05, 0.1) is 6.10 Å². The highest BCUT2D eigenvalue weighted by molar-refractivity contribution is 7.13. The second-order valence-corrected chi connectivity index (χ2v) is 7.80. The van der Waals surface area contributed by atoms with E-state index >= 15 is 0 Å². The minimum atomic E-state index is 0.00316. The van der Waals surface area contributed by atoms with E-state index in [9.17, 15) is 4.79 Å². The predicted molar refractivity (Wildman–Crippen MR) is 92.0 cm³/mol. The van der Waals surface area contributed by atoms with Gasteiger partial charge in [-0.25, -0.2) is 9.78 Å². The van der Waals surface area contributed by atoms with E-state index in [0.717, 1.165) is 44.2 Å². The lowest BCUT2D eigenvalue weighted by atomic mass is 9.64. The van der Waals surface area contributed by atoms with Crippen molar-refractivity contribution in [3.63, 3.8) is 0 Å². The molecule has 23 heavy (non-hydrogen) atoms. The summed E-state index contributed by atoms with van der Waals surface area (Å²) in [6.07, 6.45) is 3.94. The van der Waals surface area contributed by atoms with Crippen LogP contribution in [0, 0.1) is 5.41 Å². The molecule has 1 N–H and O–H groups in total. The number of amides is 2. The van der Waals surface area contributed by atoms with Crippen molar-refractivity contribution in [2.24, 2.45) is 5.41 Å². The van der Waals surface area contributed by atoms with E-state index in [1.165, 1.54) is 0 Å². The molecule has 128 valence electrons. The lowest BCUT2D eigenvalue weighted by Gasteiger charge is -2.51. The molecule has 2 amide bonds. The third-order valence-corrected chi connectivity index (χ3v) is 6.07. The Hall–Kier alpha value is -1.34. The molecular weight excluding hydrogens is 312 g/mol. The van der Waals surface area contributed by atoms with Gasteiger partial charge in [0.2, 0.25) is 0 Å². The number of methoxy groups -OCH3 is 1. The Morgan fingerprint density at radius 2 is 2.22 bits per heavy atom. The van der Waals surface area contributed by atoms with Crippen LogP contribution < -0.4 is 10.2 Å². The molecule has 2 heterocycles. The number of ether oxygens (including phenoxy) is 1. The molecule has 0 bridgehead atoms. The number of aromatic nitrogens is 1. The van der Waals surface area contributed by atoms with Gasteiger partial charge in [-0.15, -0.1) is 11.3 Å². The van der Waals surface area contributed by atoms with Crippen molar-refractivity contribution in [3.05, 3.63) is 11.6 Å². The molecule has 1 saturated heterocycles. The van der Waals surface area contributed by atoms with Crippen LogP contribution in [-0.2, 0) is 4.74 Å². The quantitative estimate of drug-likeness (QED) is 0.918. The van der Waals surface area contributed by atoms with Crippen LogP contribution >= 0.6 is 11.3 Å². The lowest BCUT2D eigenvalue weighted by Crippen LogP contribution is -2.63. The molecule has 1 aromatic heterocycles. The maximum absolute atomic E-state index is 12.6. The van der Waals surface area contributed by atoms with Gasteiger partial charge in [0, 0.05) is 56.3 Å². The number of nitrogens with zero attached hydrogens (tertiary/aromatic N) is 3. The summed E-state index contributed by atoms with van der Waals surface area (Å²) in [5.74, 6) is 0. The van der Waals surface area contributed by atoms with Gasteiger partial charge in [0.25, 0.3) is 0 Å². The van der Waals surface area contributed by atoms with Gasteiger partial charge < -0.3 is 19.9 Å². The van der Waals surface area contributed by atoms with Crippen molar-refractivity contribution < 1.29 is 9.53 Å². The molecule has 2 atom stereocenters. The van der Waals surface area contributed by atoms with Gasteiger partial charge in [-0.2, -0.15) is 0 Å². The molecule has 2 aliphatic rings. The summed E-state index contributed by atoms with van der Waals surface area (Å²) < 4.78 is 5.46. The van der Waals surface area contributed by atoms with E-state index in [2.05, 4.69) is 29.0 Å². The first-order chi connectivity index (χ1) is 11.0. The molecule has 0 radical (unpaired) electrons. The zero-order valence-corrected chi connectivity index (χ0v) is 14.9. The summed E-state index contributed by atoms with van der Waals surface area (Å²) in [6.45, 7) is 7.65. The van der Waals surface area contributed by atoms with Gasteiger partial charge in [0.1, 0.15) is 0 Å². The normalized spacial score (nSPS) is 27.3. The van der Waals surface area contributed by atoms with E-state index in [1.807, 2.05) is 16.5 Å².